The number of fused-ring (bicyclic) bond motifs is 1. The molecule has 0 aliphatic rings. The highest BCUT2D eigenvalue weighted by Crippen LogP contribution is 2.28. The number of pyridine rings is 1. The van der Waals surface area contributed by atoms with Crippen LogP contribution in [0.5, 0.6) is 0 Å². The second-order valence-corrected chi connectivity index (χ2v) is 5.54. The van der Waals surface area contributed by atoms with E-state index in [1.807, 2.05) is 37.4 Å². The number of hydrogen-bond donors (Lipinski definition) is 1. The minimum Gasteiger partial charge on any atom is -0.373 e. The molecule has 0 saturated carbocycles. The van der Waals surface area contributed by atoms with Crippen molar-refractivity contribution in [3.05, 3.63) is 46.6 Å². The van der Waals surface area contributed by atoms with Crippen molar-refractivity contribution in [3.63, 3.8) is 0 Å². The van der Waals surface area contributed by atoms with Crippen molar-refractivity contribution in [2.24, 2.45) is 0 Å². The van der Waals surface area contributed by atoms with Crippen LogP contribution >= 0.6 is 15.9 Å². The molecular weight excluding hydrogens is 328 g/mol. The molecule has 4 nitrogen and oxygen atoms in total. The van der Waals surface area contributed by atoms with Gasteiger partial charge < -0.3 is 5.32 Å². The number of hydrogen-bond acceptors (Lipinski definition) is 4. The third-order valence-electron chi connectivity index (χ3n) is 3.29. The first-order valence-corrected chi connectivity index (χ1v) is 7.62. The summed E-state index contributed by atoms with van der Waals surface area (Å²) in [6.07, 6.45) is 0.857. The Morgan fingerprint density at radius 1 is 1.10 bits per heavy atom. The van der Waals surface area contributed by atoms with Crippen molar-refractivity contribution in [2.45, 2.75) is 13.3 Å². The van der Waals surface area contributed by atoms with Crippen LogP contribution in [0.4, 0.5) is 5.82 Å². The van der Waals surface area contributed by atoms with Gasteiger partial charge in [-0.1, -0.05) is 25.1 Å². The molecule has 0 aliphatic carbocycles. The van der Waals surface area contributed by atoms with Gasteiger partial charge in [-0.05, 0) is 34.5 Å². The van der Waals surface area contributed by atoms with Crippen molar-refractivity contribution >= 4 is 32.7 Å². The van der Waals surface area contributed by atoms with E-state index in [4.69, 9.17) is 4.98 Å². The van der Waals surface area contributed by atoms with Crippen molar-refractivity contribution in [1.29, 1.82) is 0 Å². The highest BCUT2D eigenvalue weighted by Gasteiger charge is 2.12. The number of nitrogens with one attached hydrogen (secondary N) is 1. The third-order valence-corrected chi connectivity index (χ3v) is 3.89. The lowest BCUT2D eigenvalue weighted by atomic mass is 10.2. The molecular formula is C16H15BrN4. The number of aromatic nitrogens is 3. The van der Waals surface area contributed by atoms with Gasteiger partial charge in [0.05, 0.1) is 5.52 Å². The van der Waals surface area contributed by atoms with Crippen molar-refractivity contribution < 1.29 is 0 Å². The second-order valence-electron chi connectivity index (χ2n) is 4.68. The van der Waals surface area contributed by atoms with Crippen LogP contribution in [-0.2, 0) is 6.42 Å². The summed E-state index contributed by atoms with van der Waals surface area (Å²) >= 11 is 3.58. The number of halogens is 1. The second kappa shape index (κ2) is 5.77. The Morgan fingerprint density at radius 3 is 2.67 bits per heavy atom. The Bertz CT molecular complexity index is 779. The summed E-state index contributed by atoms with van der Waals surface area (Å²) in [5.74, 6) is 1.44. The number of anilines is 1. The smallest absolute Gasteiger partial charge is 0.181 e. The standard InChI is InChI=1S/C16H15BrN4/c1-3-11-9-14(18-2)21-16(19-11)15-12(17)8-10-6-4-5-7-13(10)20-15/h4-9H,3H2,1-2H3,(H,18,19,21). The molecule has 0 unspecified atom stereocenters. The summed E-state index contributed by atoms with van der Waals surface area (Å²) in [6.45, 7) is 2.08. The largest absolute Gasteiger partial charge is 0.373 e. The number of aryl methyl sites for hydroxylation is 1. The molecule has 0 atom stereocenters. The van der Waals surface area contributed by atoms with Gasteiger partial charge in [-0.15, -0.1) is 0 Å². The zero-order valence-corrected chi connectivity index (χ0v) is 13.5. The van der Waals surface area contributed by atoms with E-state index in [2.05, 4.69) is 44.2 Å². The van der Waals surface area contributed by atoms with Crippen LogP contribution in [0.3, 0.4) is 0 Å². The monoisotopic (exact) mass is 342 g/mol. The lowest BCUT2D eigenvalue weighted by molar-refractivity contribution is 0.999. The van der Waals surface area contributed by atoms with Crippen molar-refractivity contribution in [3.8, 4) is 11.5 Å². The molecule has 0 radical (unpaired) electrons. The summed E-state index contributed by atoms with van der Waals surface area (Å²) in [7, 11) is 1.86. The minimum atomic E-state index is 0.635. The van der Waals surface area contributed by atoms with Gasteiger partial charge in [-0.25, -0.2) is 15.0 Å². The lowest BCUT2D eigenvalue weighted by Gasteiger charge is -2.09. The van der Waals surface area contributed by atoms with Gasteiger partial charge in [0.15, 0.2) is 5.82 Å². The molecule has 21 heavy (non-hydrogen) atoms. The number of benzene rings is 1. The maximum atomic E-state index is 4.70. The fraction of sp³-hybridized carbons (Fsp3) is 0.188. The molecule has 2 aromatic heterocycles. The Balaban J connectivity index is 2.21. The summed E-state index contributed by atoms with van der Waals surface area (Å²) in [4.78, 5) is 13.8. The average molecular weight is 343 g/mol. The Labute approximate surface area is 131 Å². The van der Waals surface area contributed by atoms with E-state index < -0.39 is 0 Å². The van der Waals surface area contributed by atoms with Gasteiger partial charge in [-0.2, -0.15) is 0 Å². The van der Waals surface area contributed by atoms with Gasteiger partial charge in [0.25, 0.3) is 0 Å². The Kier molecular flexibility index (Phi) is 3.84. The molecule has 1 aromatic carbocycles. The van der Waals surface area contributed by atoms with E-state index in [-0.39, 0.29) is 0 Å². The van der Waals surface area contributed by atoms with E-state index in [1.54, 1.807) is 0 Å². The summed E-state index contributed by atoms with van der Waals surface area (Å²) in [5, 5.41) is 4.17. The molecule has 3 aromatic rings. The molecule has 0 saturated heterocycles. The zero-order valence-electron chi connectivity index (χ0n) is 11.9. The number of rotatable bonds is 3. The van der Waals surface area contributed by atoms with E-state index in [0.29, 0.717) is 5.82 Å². The highest BCUT2D eigenvalue weighted by atomic mass is 79.9. The minimum absolute atomic E-state index is 0.635. The van der Waals surface area contributed by atoms with Gasteiger partial charge >= 0.3 is 0 Å². The van der Waals surface area contributed by atoms with Crippen LogP contribution in [0, 0.1) is 0 Å². The SMILES string of the molecule is CCc1cc(NC)nc(-c2nc3ccccc3cc2Br)n1. The van der Waals surface area contributed by atoms with Gasteiger partial charge in [0.1, 0.15) is 11.5 Å². The Hall–Kier alpha value is -2.01. The van der Waals surface area contributed by atoms with E-state index in [0.717, 1.165) is 39.0 Å². The zero-order chi connectivity index (χ0) is 14.8. The van der Waals surface area contributed by atoms with E-state index in [1.165, 1.54) is 0 Å². The first-order valence-electron chi connectivity index (χ1n) is 6.82. The highest BCUT2D eigenvalue weighted by molar-refractivity contribution is 9.10. The first kappa shape index (κ1) is 13.9. The fourth-order valence-electron chi connectivity index (χ4n) is 2.16. The van der Waals surface area contributed by atoms with Crippen LogP contribution < -0.4 is 5.32 Å². The molecule has 0 spiro atoms. The molecule has 0 bridgehead atoms. The predicted molar refractivity (Wildman–Crippen MR) is 89.4 cm³/mol. The fourth-order valence-corrected chi connectivity index (χ4v) is 2.67. The maximum Gasteiger partial charge on any atom is 0.181 e. The number of para-hydroxylation sites is 1. The third kappa shape index (κ3) is 2.74. The first-order chi connectivity index (χ1) is 10.2. The Morgan fingerprint density at radius 2 is 1.90 bits per heavy atom. The normalized spacial score (nSPS) is 10.8. The van der Waals surface area contributed by atoms with Crippen LogP contribution in [0.25, 0.3) is 22.4 Å². The van der Waals surface area contributed by atoms with Crippen LogP contribution in [0.1, 0.15) is 12.6 Å². The average Bonchev–Trinajstić information content (AvgIpc) is 2.53. The van der Waals surface area contributed by atoms with Crippen LogP contribution in [0.2, 0.25) is 0 Å². The van der Waals surface area contributed by atoms with Gasteiger partial charge in [0.2, 0.25) is 0 Å². The van der Waals surface area contributed by atoms with Gasteiger partial charge in [-0.3, -0.25) is 0 Å². The topological polar surface area (TPSA) is 50.7 Å². The quantitative estimate of drug-likeness (QED) is 0.779. The molecule has 1 N–H and O–H groups in total. The molecule has 0 aliphatic heterocycles. The van der Waals surface area contributed by atoms with Crippen molar-refractivity contribution in [1.82, 2.24) is 15.0 Å². The molecule has 0 fully saturated rings. The predicted octanol–water partition coefficient (Wildman–Crippen LogP) is 4.06. The molecule has 0 amide bonds. The van der Waals surface area contributed by atoms with Gasteiger partial charge in [0, 0.05) is 28.7 Å². The molecule has 106 valence electrons. The summed E-state index contributed by atoms with van der Waals surface area (Å²) in [5.41, 5.74) is 2.69. The van der Waals surface area contributed by atoms with Crippen LogP contribution in [-0.4, -0.2) is 22.0 Å². The van der Waals surface area contributed by atoms with E-state index >= 15 is 0 Å². The van der Waals surface area contributed by atoms with E-state index in [9.17, 15) is 0 Å². The number of nitrogens with zero attached hydrogens (tertiary/aromatic N) is 3. The molecule has 5 heteroatoms. The summed E-state index contributed by atoms with van der Waals surface area (Å²) in [6, 6.07) is 12.0. The van der Waals surface area contributed by atoms with Crippen molar-refractivity contribution in [2.75, 3.05) is 12.4 Å². The molecule has 2 heterocycles. The molecule has 3 rings (SSSR count). The van der Waals surface area contributed by atoms with Crippen LogP contribution in [0.15, 0.2) is 40.9 Å². The lowest BCUT2D eigenvalue weighted by Crippen LogP contribution is -2.02. The maximum absolute atomic E-state index is 4.70. The summed E-state index contributed by atoms with van der Waals surface area (Å²) < 4.78 is 0.900.